The summed E-state index contributed by atoms with van der Waals surface area (Å²) in [4.78, 5) is 22.2. The van der Waals surface area contributed by atoms with Gasteiger partial charge in [0, 0.05) is 19.0 Å². The van der Waals surface area contributed by atoms with Crippen molar-refractivity contribution in [1.82, 2.24) is 14.9 Å². The number of aromatic nitrogens is 2. The summed E-state index contributed by atoms with van der Waals surface area (Å²) in [6.07, 6.45) is 6.41. The molecule has 0 radical (unpaired) electrons. The number of rotatable bonds is 3. The van der Waals surface area contributed by atoms with E-state index in [1.54, 1.807) is 24.2 Å². The highest BCUT2D eigenvalue weighted by Gasteiger charge is 2.50. The number of oxazole rings is 1. The second-order valence-electron chi connectivity index (χ2n) is 6.38. The molecule has 0 aromatic carbocycles. The highest BCUT2D eigenvalue weighted by molar-refractivity contribution is 5.93. The molecule has 2 aromatic heterocycles. The third-order valence-electron chi connectivity index (χ3n) is 4.57. The fourth-order valence-corrected chi connectivity index (χ4v) is 3.36. The summed E-state index contributed by atoms with van der Waals surface area (Å²) in [7, 11) is 0. The van der Waals surface area contributed by atoms with E-state index in [0.717, 1.165) is 18.6 Å². The van der Waals surface area contributed by atoms with E-state index in [2.05, 4.69) is 9.97 Å². The molecule has 1 atom stereocenters. The molecule has 0 saturated carbocycles. The van der Waals surface area contributed by atoms with Crippen LogP contribution in [0.15, 0.2) is 35.3 Å². The number of pyridine rings is 1. The lowest BCUT2D eigenvalue weighted by atomic mass is 9.84. The van der Waals surface area contributed by atoms with Gasteiger partial charge in [-0.15, -0.1) is 0 Å². The smallest absolute Gasteiger partial charge is 0.291 e. The zero-order valence-corrected chi connectivity index (χ0v) is 13.5. The molecule has 1 amide bonds. The van der Waals surface area contributed by atoms with Crippen molar-refractivity contribution in [2.45, 2.75) is 31.5 Å². The Morgan fingerprint density at radius 1 is 1.46 bits per heavy atom. The van der Waals surface area contributed by atoms with Crippen LogP contribution in [0.5, 0.6) is 5.75 Å². The van der Waals surface area contributed by atoms with Crippen molar-refractivity contribution >= 4 is 5.91 Å². The van der Waals surface area contributed by atoms with Gasteiger partial charge in [-0.2, -0.15) is 0 Å². The number of carbonyl (C=O) groups is 1. The van der Waals surface area contributed by atoms with Gasteiger partial charge >= 0.3 is 0 Å². The first-order valence-corrected chi connectivity index (χ1v) is 8.05. The Kier molecular flexibility index (Phi) is 3.72. The Morgan fingerprint density at radius 2 is 2.33 bits per heavy atom. The number of hydrogen-bond acceptors (Lipinski definition) is 6. The average Bonchev–Trinajstić information content (AvgIpc) is 2.99. The lowest BCUT2D eigenvalue weighted by Gasteiger charge is -2.52. The molecule has 0 aliphatic carbocycles. The van der Waals surface area contributed by atoms with Crippen molar-refractivity contribution in [2.75, 3.05) is 19.7 Å². The Morgan fingerprint density at radius 3 is 3.04 bits per heavy atom. The topological polar surface area (TPSA) is 77.7 Å². The van der Waals surface area contributed by atoms with E-state index in [1.165, 1.54) is 6.39 Å². The van der Waals surface area contributed by atoms with E-state index in [4.69, 9.17) is 13.9 Å². The molecule has 1 spiro atoms. The Hall–Kier alpha value is -2.41. The third-order valence-corrected chi connectivity index (χ3v) is 4.57. The molecule has 7 heteroatoms. The van der Waals surface area contributed by atoms with Gasteiger partial charge in [0.1, 0.15) is 17.5 Å². The number of hydrogen-bond donors (Lipinski definition) is 0. The van der Waals surface area contributed by atoms with Crippen molar-refractivity contribution in [2.24, 2.45) is 0 Å². The zero-order chi connectivity index (χ0) is 16.6. The Labute approximate surface area is 139 Å². The van der Waals surface area contributed by atoms with Gasteiger partial charge in [0.25, 0.3) is 5.91 Å². The molecule has 2 fully saturated rings. The summed E-state index contributed by atoms with van der Waals surface area (Å²) in [5.41, 5.74) is 0.303. The number of carbonyl (C=O) groups excluding carboxylic acids is 1. The number of ether oxygens (including phenoxy) is 2. The number of aryl methyl sites for hydroxylation is 1. The SMILES string of the molecule is Cc1ncoc1C(=O)N1CC2(CC(Oc3cccnc3)CCO2)C1. The van der Waals surface area contributed by atoms with Crippen molar-refractivity contribution in [3.8, 4) is 5.75 Å². The lowest BCUT2D eigenvalue weighted by Crippen LogP contribution is -2.67. The van der Waals surface area contributed by atoms with Gasteiger partial charge < -0.3 is 18.8 Å². The maximum absolute atomic E-state index is 12.4. The fourth-order valence-electron chi connectivity index (χ4n) is 3.36. The van der Waals surface area contributed by atoms with Crippen LogP contribution >= 0.6 is 0 Å². The van der Waals surface area contributed by atoms with Crippen LogP contribution in [0, 0.1) is 6.92 Å². The quantitative estimate of drug-likeness (QED) is 0.855. The van der Waals surface area contributed by atoms with Crippen molar-refractivity contribution in [3.05, 3.63) is 42.4 Å². The summed E-state index contributed by atoms with van der Waals surface area (Å²) in [5.74, 6) is 0.947. The van der Waals surface area contributed by atoms with Gasteiger partial charge in [-0.1, -0.05) is 0 Å². The first-order chi connectivity index (χ1) is 11.7. The van der Waals surface area contributed by atoms with E-state index in [0.29, 0.717) is 31.2 Å². The molecule has 4 heterocycles. The summed E-state index contributed by atoms with van der Waals surface area (Å²) in [5, 5.41) is 0. The Balaban J connectivity index is 1.37. The summed E-state index contributed by atoms with van der Waals surface area (Å²) < 4.78 is 17.1. The number of amides is 1. The van der Waals surface area contributed by atoms with Gasteiger partial charge in [0.15, 0.2) is 6.39 Å². The van der Waals surface area contributed by atoms with Gasteiger partial charge in [0.05, 0.1) is 31.6 Å². The maximum atomic E-state index is 12.4. The van der Waals surface area contributed by atoms with Crippen molar-refractivity contribution < 1.29 is 18.7 Å². The first kappa shape index (κ1) is 15.1. The first-order valence-electron chi connectivity index (χ1n) is 8.05. The van der Waals surface area contributed by atoms with E-state index >= 15 is 0 Å². The minimum atomic E-state index is -0.311. The molecular weight excluding hydrogens is 310 g/mol. The number of likely N-dealkylation sites (tertiary alicyclic amines) is 1. The molecular formula is C17H19N3O4. The van der Waals surface area contributed by atoms with Crippen LogP contribution in [0.25, 0.3) is 0 Å². The average molecular weight is 329 g/mol. The molecule has 2 aliphatic rings. The molecule has 2 aliphatic heterocycles. The minimum absolute atomic E-state index is 0.0761. The van der Waals surface area contributed by atoms with Crippen LogP contribution in [0.1, 0.15) is 29.1 Å². The van der Waals surface area contributed by atoms with Crippen LogP contribution in [0.4, 0.5) is 0 Å². The lowest BCUT2D eigenvalue weighted by molar-refractivity contribution is -0.174. The van der Waals surface area contributed by atoms with E-state index < -0.39 is 0 Å². The van der Waals surface area contributed by atoms with E-state index in [1.807, 2.05) is 12.1 Å². The molecule has 4 rings (SSSR count). The summed E-state index contributed by atoms with van der Waals surface area (Å²) >= 11 is 0. The summed E-state index contributed by atoms with van der Waals surface area (Å²) in [6, 6.07) is 3.76. The molecule has 2 saturated heterocycles. The second kappa shape index (κ2) is 5.90. The molecule has 7 nitrogen and oxygen atoms in total. The van der Waals surface area contributed by atoms with Crippen LogP contribution in [-0.4, -0.2) is 52.2 Å². The molecule has 24 heavy (non-hydrogen) atoms. The largest absolute Gasteiger partial charge is 0.489 e. The fraction of sp³-hybridized carbons (Fsp3) is 0.471. The molecule has 2 aromatic rings. The zero-order valence-electron chi connectivity index (χ0n) is 13.5. The van der Waals surface area contributed by atoms with Gasteiger partial charge in [-0.05, 0) is 19.1 Å². The molecule has 0 bridgehead atoms. The Bertz CT molecular complexity index is 724. The van der Waals surface area contributed by atoms with Crippen LogP contribution in [-0.2, 0) is 4.74 Å². The van der Waals surface area contributed by atoms with E-state index in [-0.39, 0.29) is 17.6 Å². The highest BCUT2D eigenvalue weighted by Crippen LogP contribution is 2.36. The molecule has 126 valence electrons. The van der Waals surface area contributed by atoms with E-state index in [9.17, 15) is 4.79 Å². The summed E-state index contributed by atoms with van der Waals surface area (Å²) in [6.45, 7) is 3.51. The third kappa shape index (κ3) is 2.75. The maximum Gasteiger partial charge on any atom is 0.291 e. The van der Waals surface area contributed by atoms with Crippen molar-refractivity contribution in [1.29, 1.82) is 0 Å². The van der Waals surface area contributed by atoms with Crippen molar-refractivity contribution in [3.63, 3.8) is 0 Å². The number of nitrogens with zero attached hydrogens (tertiary/aromatic N) is 3. The molecule has 0 N–H and O–H groups in total. The highest BCUT2D eigenvalue weighted by atomic mass is 16.5. The predicted molar refractivity (Wildman–Crippen MR) is 83.7 cm³/mol. The second-order valence-corrected chi connectivity index (χ2v) is 6.38. The monoisotopic (exact) mass is 329 g/mol. The van der Waals surface area contributed by atoms with Crippen LogP contribution < -0.4 is 4.74 Å². The van der Waals surface area contributed by atoms with Gasteiger partial charge in [-0.25, -0.2) is 4.98 Å². The normalized spacial score (nSPS) is 22.2. The van der Waals surface area contributed by atoms with Crippen LogP contribution in [0.2, 0.25) is 0 Å². The van der Waals surface area contributed by atoms with Gasteiger partial charge in [0.2, 0.25) is 5.76 Å². The van der Waals surface area contributed by atoms with Crippen LogP contribution in [0.3, 0.4) is 0 Å². The minimum Gasteiger partial charge on any atom is -0.489 e. The standard InChI is InChI=1S/C17H19N3O4/c1-12-15(22-11-19-12)16(21)20-9-17(10-20)7-13(4-6-23-17)24-14-3-2-5-18-8-14/h2-3,5,8,11,13H,4,6-7,9-10H2,1H3. The predicted octanol–water partition coefficient (Wildman–Crippen LogP) is 1.83. The molecule has 1 unspecified atom stereocenters. The van der Waals surface area contributed by atoms with Gasteiger partial charge in [-0.3, -0.25) is 9.78 Å².